The van der Waals surface area contributed by atoms with Crippen LogP contribution in [0, 0.1) is 0 Å². The predicted octanol–water partition coefficient (Wildman–Crippen LogP) is 8.04. The Morgan fingerprint density at radius 3 is 2.26 bits per heavy atom. The molecule has 3 amide bonds. The average molecular weight is 679 g/mol. The van der Waals surface area contributed by atoms with Gasteiger partial charge in [-0.05, 0) is 96.6 Å². The fourth-order valence-corrected chi connectivity index (χ4v) is 6.72. The van der Waals surface area contributed by atoms with Gasteiger partial charge in [0.2, 0.25) is 0 Å². The Labute approximate surface area is 286 Å². The number of fused-ring (bicyclic) bond motifs is 2. The molecular weight excluding hydrogens is 645 g/mol. The van der Waals surface area contributed by atoms with Gasteiger partial charge in [-0.3, -0.25) is 19.3 Å². The highest BCUT2D eigenvalue weighted by Gasteiger charge is 2.36. The highest BCUT2D eigenvalue weighted by molar-refractivity contribution is 6.21. The lowest BCUT2D eigenvalue weighted by Gasteiger charge is -2.36. The Bertz CT molecular complexity index is 2060. The summed E-state index contributed by atoms with van der Waals surface area (Å²) in [5, 5.41) is 3.94. The summed E-state index contributed by atoms with van der Waals surface area (Å²) in [6, 6.07) is 25.9. The highest BCUT2D eigenvalue weighted by atomic mass is 19.4. The Morgan fingerprint density at radius 2 is 1.60 bits per heavy atom. The molecule has 3 heterocycles. The summed E-state index contributed by atoms with van der Waals surface area (Å²) in [6.07, 6.45) is -2.21. The third kappa shape index (κ3) is 6.38. The number of pyridine rings is 1. The van der Waals surface area contributed by atoms with E-state index < -0.39 is 23.6 Å². The Morgan fingerprint density at radius 1 is 0.900 bits per heavy atom. The van der Waals surface area contributed by atoms with Crippen LogP contribution in [0.1, 0.15) is 78.6 Å². The first kappa shape index (κ1) is 32.8. The first-order valence-electron chi connectivity index (χ1n) is 16.3. The molecule has 1 aromatic heterocycles. The number of alkyl halides is 3. The third-order valence-electron chi connectivity index (χ3n) is 9.37. The van der Waals surface area contributed by atoms with Crippen molar-refractivity contribution >= 4 is 34.4 Å². The van der Waals surface area contributed by atoms with Gasteiger partial charge in [-0.25, -0.2) is 4.98 Å². The minimum absolute atomic E-state index is 0.0435. The van der Waals surface area contributed by atoms with E-state index in [-0.39, 0.29) is 18.5 Å². The summed E-state index contributed by atoms with van der Waals surface area (Å²) in [7, 11) is 1.60. The molecule has 0 saturated carbocycles. The summed E-state index contributed by atoms with van der Waals surface area (Å²) in [4.78, 5) is 48.6. The van der Waals surface area contributed by atoms with Crippen molar-refractivity contribution in [2.45, 2.75) is 44.6 Å². The lowest BCUT2D eigenvalue weighted by molar-refractivity contribution is -0.137. The number of aromatic nitrogens is 1. The number of nitrogens with zero attached hydrogens (tertiary/aromatic N) is 3. The molecule has 0 aliphatic carbocycles. The Hall–Kier alpha value is -5.71. The number of ether oxygens (including phenoxy) is 1. The normalized spacial score (nSPS) is 16.1. The molecule has 8 nitrogen and oxygen atoms in total. The molecule has 7 rings (SSSR count). The number of carbonyl (C=O) groups excluding carboxylic acids is 3. The number of hydrogen-bond acceptors (Lipinski definition) is 6. The maximum absolute atomic E-state index is 14.1. The number of rotatable bonds is 8. The van der Waals surface area contributed by atoms with Gasteiger partial charge in [0.25, 0.3) is 17.7 Å². The summed E-state index contributed by atoms with van der Waals surface area (Å²) in [5.41, 5.74) is 3.13. The third-order valence-corrected chi connectivity index (χ3v) is 9.37. The van der Waals surface area contributed by atoms with Gasteiger partial charge in [0.05, 0.1) is 41.9 Å². The zero-order chi connectivity index (χ0) is 35.0. The van der Waals surface area contributed by atoms with Crippen LogP contribution in [-0.4, -0.2) is 46.2 Å². The van der Waals surface area contributed by atoms with Crippen molar-refractivity contribution in [3.8, 4) is 5.75 Å². The average Bonchev–Trinajstić information content (AvgIpc) is 3.38. The second-order valence-electron chi connectivity index (χ2n) is 12.5. The van der Waals surface area contributed by atoms with E-state index in [1.54, 1.807) is 60.5 Å². The van der Waals surface area contributed by atoms with Crippen LogP contribution < -0.4 is 10.1 Å². The molecule has 0 spiro atoms. The van der Waals surface area contributed by atoms with Crippen LogP contribution in [0.25, 0.3) is 10.9 Å². The van der Waals surface area contributed by atoms with E-state index in [0.717, 1.165) is 36.3 Å². The molecule has 1 atom stereocenters. The number of imide groups is 1. The monoisotopic (exact) mass is 678 g/mol. The fourth-order valence-electron chi connectivity index (χ4n) is 6.72. The molecule has 1 unspecified atom stereocenters. The molecule has 2 aliphatic heterocycles. The zero-order valence-electron chi connectivity index (χ0n) is 27.2. The second kappa shape index (κ2) is 13.3. The first-order chi connectivity index (χ1) is 24.1. The zero-order valence-corrected chi connectivity index (χ0v) is 27.2. The number of likely N-dealkylation sites (tertiary alicyclic amines) is 1. The summed E-state index contributed by atoms with van der Waals surface area (Å²) >= 11 is 0. The molecule has 4 aromatic carbocycles. The van der Waals surface area contributed by atoms with Gasteiger partial charge in [0.15, 0.2) is 0 Å². The number of amides is 3. The number of piperidine rings is 1. The number of nitrogens with one attached hydrogen (secondary N) is 1. The van der Waals surface area contributed by atoms with Gasteiger partial charge in [-0.2, -0.15) is 13.2 Å². The molecule has 1 fully saturated rings. The quantitative estimate of drug-likeness (QED) is 0.167. The van der Waals surface area contributed by atoms with Crippen molar-refractivity contribution in [2.75, 3.05) is 19.0 Å². The van der Waals surface area contributed by atoms with Crippen LogP contribution in [0.4, 0.5) is 19.0 Å². The van der Waals surface area contributed by atoms with Crippen LogP contribution in [-0.2, 0) is 19.3 Å². The minimum Gasteiger partial charge on any atom is -0.497 e. The van der Waals surface area contributed by atoms with Gasteiger partial charge in [0.1, 0.15) is 11.6 Å². The Kier molecular flexibility index (Phi) is 8.73. The lowest BCUT2D eigenvalue weighted by Crippen LogP contribution is -2.38. The molecule has 2 aliphatic rings. The van der Waals surface area contributed by atoms with E-state index in [2.05, 4.69) is 5.32 Å². The molecule has 1 N–H and O–H groups in total. The van der Waals surface area contributed by atoms with Crippen LogP contribution >= 0.6 is 0 Å². The number of halogens is 3. The first-order valence-corrected chi connectivity index (χ1v) is 16.3. The predicted molar refractivity (Wildman–Crippen MR) is 182 cm³/mol. The van der Waals surface area contributed by atoms with E-state index in [4.69, 9.17) is 9.72 Å². The molecule has 0 radical (unpaired) electrons. The van der Waals surface area contributed by atoms with Crippen molar-refractivity contribution in [2.24, 2.45) is 0 Å². The molecule has 5 aromatic rings. The van der Waals surface area contributed by atoms with E-state index in [1.807, 2.05) is 24.3 Å². The SMILES string of the molecule is COc1ccc(CNc2cc(CN3C(=O)c4ccccc4C3=O)c3cc(C(=O)N4CCCCC4c4ccc(C(F)(F)F)cc4)ccc3n2)cc1. The number of carbonyl (C=O) groups is 3. The maximum Gasteiger partial charge on any atom is 0.416 e. The van der Waals surface area contributed by atoms with Gasteiger partial charge < -0.3 is 15.0 Å². The van der Waals surface area contributed by atoms with Crippen molar-refractivity contribution in [1.29, 1.82) is 0 Å². The largest absolute Gasteiger partial charge is 0.497 e. The summed E-state index contributed by atoms with van der Waals surface area (Å²) < 4.78 is 45.0. The van der Waals surface area contributed by atoms with Crippen molar-refractivity contribution < 1.29 is 32.3 Å². The smallest absolute Gasteiger partial charge is 0.416 e. The fraction of sp³-hybridized carbons (Fsp3) is 0.231. The van der Waals surface area contributed by atoms with Gasteiger partial charge in [-0.1, -0.05) is 36.4 Å². The minimum atomic E-state index is -4.45. The number of methoxy groups -OCH3 is 1. The van der Waals surface area contributed by atoms with Gasteiger partial charge in [-0.15, -0.1) is 0 Å². The second-order valence-corrected chi connectivity index (χ2v) is 12.5. The molecule has 11 heteroatoms. The summed E-state index contributed by atoms with van der Waals surface area (Å²) in [5.74, 6) is 0.204. The van der Waals surface area contributed by atoms with Crippen molar-refractivity contribution in [3.63, 3.8) is 0 Å². The van der Waals surface area contributed by atoms with E-state index in [1.165, 1.54) is 17.0 Å². The highest BCUT2D eigenvalue weighted by Crippen LogP contribution is 2.36. The van der Waals surface area contributed by atoms with Crippen LogP contribution in [0.15, 0.2) is 97.1 Å². The van der Waals surface area contributed by atoms with E-state index in [0.29, 0.717) is 64.0 Å². The van der Waals surface area contributed by atoms with Gasteiger partial charge >= 0.3 is 6.18 Å². The van der Waals surface area contributed by atoms with E-state index >= 15 is 0 Å². The lowest BCUT2D eigenvalue weighted by atomic mass is 9.93. The van der Waals surface area contributed by atoms with Crippen molar-refractivity contribution in [3.05, 3.63) is 136 Å². The Balaban J connectivity index is 1.22. The maximum atomic E-state index is 14.1. The van der Waals surface area contributed by atoms with E-state index in [9.17, 15) is 27.6 Å². The number of anilines is 1. The molecular formula is C39H33F3N4O4. The van der Waals surface area contributed by atoms with Crippen LogP contribution in [0.3, 0.4) is 0 Å². The molecule has 254 valence electrons. The molecule has 1 saturated heterocycles. The number of benzene rings is 4. The molecule has 50 heavy (non-hydrogen) atoms. The number of hydrogen-bond donors (Lipinski definition) is 1. The van der Waals surface area contributed by atoms with Gasteiger partial charge in [0, 0.05) is 24.0 Å². The summed E-state index contributed by atoms with van der Waals surface area (Å²) in [6.45, 7) is 0.862. The van der Waals surface area contributed by atoms with Crippen LogP contribution in [0.5, 0.6) is 5.75 Å². The van der Waals surface area contributed by atoms with Crippen LogP contribution in [0.2, 0.25) is 0 Å². The molecule has 0 bridgehead atoms. The topological polar surface area (TPSA) is 91.8 Å². The standard InChI is InChI=1S/C39H33F3N4O4/c1-50-29-16-9-24(10-17-29)22-43-35-21-27(23-46-37(48)30-6-2-3-7-31(30)38(46)49)32-20-26(13-18-33(32)44-35)36(47)45-19-5-4-8-34(45)25-11-14-28(15-12-25)39(40,41)42/h2-3,6-7,9-18,20-21,34H,4-5,8,19,22-23H2,1H3,(H,43,44). The van der Waals surface area contributed by atoms with Crippen molar-refractivity contribution in [1.82, 2.24) is 14.8 Å².